The van der Waals surface area contributed by atoms with Crippen molar-refractivity contribution in [2.75, 3.05) is 7.11 Å². The van der Waals surface area contributed by atoms with Crippen molar-refractivity contribution >= 4 is 10.9 Å². The summed E-state index contributed by atoms with van der Waals surface area (Å²) in [4.78, 5) is 20.0. The smallest absolute Gasteiger partial charge is 0.290 e. The molecule has 1 N–H and O–H groups in total. The molecule has 0 unspecified atom stereocenters. The van der Waals surface area contributed by atoms with Crippen LogP contribution < -0.4 is 10.3 Å². The molecule has 1 aliphatic rings. The van der Waals surface area contributed by atoms with Gasteiger partial charge in [0.1, 0.15) is 0 Å². The van der Waals surface area contributed by atoms with Crippen LogP contribution in [0, 0.1) is 12.3 Å². The molecule has 0 saturated heterocycles. The highest BCUT2D eigenvalue weighted by atomic mass is 16.5. The van der Waals surface area contributed by atoms with Gasteiger partial charge in [-0.1, -0.05) is 38.0 Å². The Balaban J connectivity index is 1.55. The fourth-order valence-corrected chi connectivity index (χ4v) is 4.86. The van der Waals surface area contributed by atoms with Crippen molar-refractivity contribution in [1.82, 2.24) is 19.7 Å². The van der Waals surface area contributed by atoms with Crippen LogP contribution in [0.2, 0.25) is 0 Å². The maximum Gasteiger partial charge on any atom is 0.290 e. The third-order valence-electron chi connectivity index (χ3n) is 6.64. The number of pyridine rings is 2. The van der Waals surface area contributed by atoms with Gasteiger partial charge in [-0.05, 0) is 43.4 Å². The minimum Gasteiger partial charge on any atom is -0.491 e. The lowest BCUT2D eigenvalue weighted by atomic mass is 9.89. The topological polar surface area (TPSA) is 72.8 Å². The van der Waals surface area contributed by atoms with Gasteiger partial charge in [0.25, 0.3) is 5.56 Å². The van der Waals surface area contributed by atoms with Gasteiger partial charge in [0.2, 0.25) is 0 Å². The Morgan fingerprint density at radius 1 is 1.12 bits per heavy atom. The number of hydrogen-bond donors (Lipinski definition) is 1. The standard InChI is InChI=1S/C26H28N4O2/c1-17-6-9-21(20-14-27-30(15-20)16-26(2)10-4-5-11-26)24(28-17)19-8-7-18-13-23(32-3)25(31)29-22(18)12-19/h6-9,12-15H,4-5,10-11,16H2,1-3H3,(H,29,31). The predicted molar refractivity (Wildman–Crippen MR) is 127 cm³/mol. The van der Waals surface area contributed by atoms with Gasteiger partial charge < -0.3 is 9.72 Å². The number of benzene rings is 1. The number of aromatic amines is 1. The molecular weight excluding hydrogens is 400 g/mol. The summed E-state index contributed by atoms with van der Waals surface area (Å²) < 4.78 is 7.23. The van der Waals surface area contributed by atoms with E-state index in [0.29, 0.717) is 11.2 Å². The highest BCUT2D eigenvalue weighted by Crippen LogP contribution is 2.39. The molecule has 6 nitrogen and oxygen atoms in total. The summed E-state index contributed by atoms with van der Waals surface area (Å²) >= 11 is 0. The van der Waals surface area contributed by atoms with E-state index in [0.717, 1.165) is 45.5 Å². The fraction of sp³-hybridized carbons (Fsp3) is 0.346. The van der Waals surface area contributed by atoms with Crippen molar-refractivity contribution in [1.29, 1.82) is 0 Å². The molecule has 0 atom stereocenters. The van der Waals surface area contributed by atoms with Gasteiger partial charge in [-0.2, -0.15) is 5.10 Å². The lowest BCUT2D eigenvalue weighted by molar-refractivity contribution is 0.268. The molecule has 3 aromatic heterocycles. The first-order valence-corrected chi connectivity index (χ1v) is 11.2. The van der Waals surface area contributed by atoms with Crippen LogP contribution in [0.4, 0.5) is 0 Å². The lowest BCUT2D eigenvalue weighted by Gasteiger charge is -2.22. The number of nitrogens with zero attached hydrogens (tertiary/aromatic N) is 3. The van der Waals surface area contributed by atoms with Crippen LogP contribution in [0.1, 0.15) is 38.3 Å². The molecule has 32 heavy (non-hydrogen) atoms. The molecular formula is C26H28N4O2. The molecule has 0 aliphatic heterocycles. The van der Waals surface area contributed by atoms with Crippen LogP contribution in [0.15, 0.2) is 53.6 Å². The van der Waals surface area contributed by atoms with Gasteiger partial charge in [0.15, 0.2) is 5.75 Å². The van der Waals surface area contributed by atoms with Crippen molar-refractivity contribution in [2.45, 2.75) is 46.1 Å². The van der Waals surface area contributed by atoms with E-state index in [1.807, 2.05) is 37.4 Å². The average molecular weight is 429 g/mol. The zero-order valence-corrected chi connectivity index (χ0v) is 18.8. The van der Waals surface area contributed by atoms with Crippen LogP contribution in [-0.4, -0.2) is 26.9 Å². The Bertz CT molecular complexity index is 1350. The molecule has 6 heteroatoms. The summed E-state index contributed by atoms with van der Waals surface area (Å²) in [5.41, 5.74) is 5.72. The maximum atomic E-state index is 12.2. The first-order valence-electron chi connectivity index (χ1n) is 11.2. The molecule has 1 aliphatic carbocycles. The number of methoxy groups -OCH3 is 1. The molecule has 3 heterocycles. The van der Waals surface area contributed by atoms with E-state index in [1.165, 1.54) is 32.8 Å². The van der Waals surface area contributed by atoms with Crippen LogP contribution in [-0.2, 0) is 6.54 Å². The quantitative estimate of drug-likeness (QED) is 0.465. The number of rotatable bonds is 5. The summed E-state index contributed by atoms with van der Waals surface area (Å²) in [6, 6.07) is 11.9. The van der Waals surface area contributed by atoms with Gasteiger partial charge in [-0.15, -0.1) is 0 Å². The average Bonchev–Trinajstić information content (AvgIpc) is 3.42. The third-order valence-corrected chi connectivity index (χ3v) is 6.64. The van der Waals surface area contributed by atoms with Gasteiger partial charge >= 0.3 is 0 Å². The van der Waals surface area contributed by atoms with Gasteiger partial charge in [-0.25, -0.2) is 0 Å². The molecule has 0 radical (unpaired) electrons. The molecule has 164 valence electrons. The Morgan fingerprint density at radius 2 is 1.94 bits per heavy atom. The minimum absolute atomic E-state index is 0.240. The molecule has 0 bridgehead atoms. The van der Waals surface area contributed by atoms with E-state index >= 15 is 0 Å². The van der Waals surface area contributed by atoms with Crippen molar-refractivity contribution in [3.8, 4) is 28.1 Å². The number of aryl methyl sites for hydroxylation is 1. The zero-order valence-electron chi connectivity index (χ0n) is 18.8. The normalized spacial score (nSPS) is 15.3. The van der Waals surface area contributed by atoms with E-state index in [9.17, 15) is 4.79 Å². The lowest BCUT2D eigenvalue weighted by Crippen LogP contribution is -2.19. The second-order valence-electron chi connectivity index (χ2n) is 9.26. The second-order valence-corrected chi connectivity index (χ2v) is 9.26. The largest absolute Gasteiger partial charge is 0.491 e. The van der Waals surface area contributed by atoms with Crippen molar-refractivity contribution in [2.24, 2.45) is 5.41 Å². The third kappa shape index (κ3) is 3.81. The Kier molecular flexibility index (Phi) is 5.08. The number of fused-ring (bicyclic) bond motifs is 1. The molecule has 4 aromatic rings. The monoisotopic (exact) mass is 428 g/mol. The minimum atomic E-state index is -0.240. The maximum absolute atomic E-state index is 12.2. The fourth-order valence-electron chi connectivity index (χ4n) is 4.86. The second kappa shape index (κ2) is 7.93. The van der Waals surface area contributed by atoms with E-state index < -0.39 is 0 Å². The Labute approximate surface area is 187 Å². The highest BCUT2D eigenvalue weighted by Gasteiger charge is 2.29. The summed E-state index contributed by atoms with van der Waals surface area (Å²) in [6.45, 7) is 5.30. The van der Waals surface area contributed by atoms with Gasteiger partial charge in [-0.3, -0.25) is 14.5 Å². The van der Waals surface area contributed by atoms with E-state index in [4.69, 9.17) is 9.72 Å². The highest BCUT2D eigenvalue weighted by molar-refractivity contribution is 5.88. The predicted octanol–water partition coefficient (Wildman–Crippen LogP) is 5.35. The molecule has 0 spiro atoms. The van der Waals surface area contributed by atoms with E-state index in [2.05, 4.69) is 34.0 Å². The van der Waals surface area contributed by atoms with Crippen molar-refractivity contribution < 1.29 is 4.74 Å². The van der Waals surface area contributed by atoms with Crippen LogP contribution in [0.25, 0.3) is 33.3 Å². The summed E-state index contributed by atoms with van der Waals surface area (Å²) in [6.07, 6.45) is 9.22. The van der Waals surface area contributed by atoms with E-state index in [-0.39, 0.29) is 5.56 Å². The van der Waals surface area contributed by atoms with Crippen LogP contribution in [0.3, 0.4) is 0 Å². The number of aromatic nitrogens is 4. The number of ether oxygens (including phenoxy) is 1. The summed E-state index contributed by atoms with van der Waals surface area (Å²) in [7, 11) is 1.50. The Hall–Kier alpha value is -3.41. The molecule has 0 amide bonds. The SMILES string of the molecule is COc1cc2ccc(-c3nc(C)ccc3-c3cnn(CC4(C)CCCC4)c3)cc2[nH]c1=O. The molecule has 1 fully saturated rings. The number of H-pyrrole nitrogens is 1. The summed E-state index contributed by atoms with van der Waals surface area (Å²) in [5.74, 6) is 0.308. The summed E-state index contributed by atoms with van der Waals surface area (Å²) in [5, 5.41) is 5.58. The van der Waals surface area contributed by atoms with Gasteiger partial charge in [0, 0.05) is 46.0 Å². The first-order chi connectivity index (χ1) is 15.4. The van der Waals surface area contributed by atoms with Crippen molar-refractivity contribution in [3.63, 3.8) is 0 Å². The zero-order chi connectivity index (χ0) is 22.3. The van der Waals surface area contributed by atoms with Crippen molar-refractivity contribution in [3.05, 3.63) is 64.8 Å². The molecule has 1 aromatic carbocycles. The molecule has 1 saturated carbocycles. The Morgan fingerprint density at radius 3 is 2.72 bits per heavy atom. The number of hydrogen-bond acceptors (Lipinski definition) is 4. The van der Waals surface area contributed by atoms with Crippen LogP contribution in [0.5, 0.6) is 5.75 Å². The van der Waals surface area contributed by atoms with Gasteiger partial charge in [0.05, 0.1) is 19.0 Å². The number of nitrogens with one attached hydrogen (secondary N) is 1. The van der Waals surface area contributed by atoms with Crippen LogP contribution >= 0.6 is 0 Å². The first kappa shape index (κ1) is 20.5. The van der Waals surface area contributed by atoms with E-state index in [1.54, 1.807) is 6.07 Å². The molecule has 5 rings (SSSR count).